The average molecular weight is 1120 g/mol. The van der Waals surface area contributed by atoms with Gasteiger partial charge in [-0.05, 0) is 221 Å². The molecule has 0 aliphatic heterocycles. The Bertz CT molecular complexity index is 4990. The van der Waals surface area contributed by atoms with Crippen LogP contribution >= 0.6 is 0 Å². The molecule has 0 fully saturated rings. The van der Waals surface area contributed by atoms with Crippen molar-refractivity contribution in [2.24, 2.45) is 0 Å². The van der Waals surface area contributed by atoms with Gasteiger partial charge in [-0.3, -0.25) is 0 Å². The number of hydrogen-bond donors (Lipinski definition) is 0. The lowest BCUT2D eigenvalue weighted by molar-refractivity contribution is 0.559. The van der Waals surface area contributed by atoms with Crippen molar-refractivity contribution in [1.29, 1.82) is 0 Å². The zero-order valence-corrected chi connectivity index (χ0v) is 50.6. The smallest absolute Gasteiger partial charge is 0.0594 e. The molecule has 4 heteroatoms. The molecule has 14 aromatic rings. The third-order valence-electron chi connectivity index (χ3n) is 19.9. The molecule has 0 amide bonds. The molecule has 4 nitrogen and oxygen atoms in total. The van der Waals surface area contributed by atoms with Crippen molar-refractivity contribution in [2.45, 2.75) is 117 Å². The van der Waals surface area contributed by atoms with Crippen molar-refractivity contribution >= 4 is 104 Å². The highest BCUT2D eigenvalue weighted by molar-refractivity contribution is 6.29. The molecule has 0 N–H and O–H groups in total. The molecule has 2 heterocycles. The monoisotopic (exact) mass is 1110 g/mol. The van der Waals surface area contributed by atoms with E-state index in [9.17, 15) is 0 Å². The van der Waals surface area contributed by atoms with E-state index in [2.05, 4.69) is 273 Å². The molecule has 16 rings (SSSR count). The molecule has 86 heavy (non-hydrogen) atoms. The minimum atomic E-state index is 0.119. The molecule has 0 saturated carbocycles. The van der Waals surface area contributed by atoms with Gasteiger partial charge in [-0.2, -0.15) is 0 Å². The molecule has 0 radical (unpaired) electrons. The van der Waals surface area contributed by atoms with Crippen molar-refractivity contribution in [1.82, 2.24) is 9.13 Å². The molecular weight excluding hydrogens is 1040 g/mol. The van der Waals surface area contributed by atoms with Gasteiger partial charge in [0.2, 0.25) is 0 Å². The van der Waals surface area contributed by atoms with E-state index in [1.54, 1.807) is 0 Å². The van der Waals surface area contributed by atoms with Gasteiger partial charge in [-0.25, -0.2) is 0 Å². The molecular formula is C82H74N4. The highest BCUT2D eigenvalue weighted by Gasteiger charge is 2.32. The van der Waals surface area contributed by atoms with E-state index in [1.165, 1.54) is 167 Å². The van der Waals surface area contributed by atoms with Crippen molar-refractivity contribution < 1.29 is 0 Å². The largest absolute Gasteiger partial charge is 0.333 e. The Labute approximate surface area is 505 Å². The van der Waals surface area contributed by atoms with Gasteiger partial charge >= 0.3 is 0 Å². The Morgan fingerprint density at radius 3 is 1.50 bits per heavy atom. The number of aryl methyl sites for hydroxylation is 5. The van der Waals surface area contributed by atoms with Crippen molar-refractivity contribution in [2.75, 3.05) is 9.80 Å². The lowest BCUT2D eigenvalue weighted by atomic mass is 9.82. The predicted molar refractivity (Wildman–Crippen MR) is 368 cm³/mol. The first-order valence-electron chi connectivity index (χ1n) is 32.0. The van der Waals surface area contributed by atoms with E-state index in [0.29, 0.717) is 0 Å². The standard InChI is InChI=1S/C82H74N4/c1-7-53-20-17-26-58(44-53)84-75-31-15-13-29-64(75)66-38-36-61(47-77(66)84)83(60-35-34-55-22-9-10-24-57(55)46-60)79-49-72(51(3)4)68-41-43-71-80(50-73(52(5)6)69-40-42-70(79)81(68)82(69)71)86(74-33-19-25-56-23-11-12-28-63(56)74)62-37-39-67-65-30-14-16-32-76(65)85(78(67)48-62)59-27-18-21-54(8-2)45-59/h11-18,20-21,23,26-32,34-52,74H,7-10,19,22,24-25,33H2,1-6H3. The topological polar surface area (TPSA) is 16.3 Å². The molecule has 2 aromatic heterocycles. The van der Waals surface area contributed by atoms with Crippen molar-refractivity contribution in [3.05, 3.63) is 257 Å². The first-order chi connectivity index (χ1) is 42.2. The summed E-state index contributed by atoms with van der Waals surface area (Å²) in [6.45, 7) is 14.1. The third-order valence-corrected chi connectivity index (χ3v) is 19.9. The van der Waals surface area contributed by atoms with Crippen molar-refractivity contribution in [3.8, 4) is 11.4 Å². The van der Waals surface area contributed by atoms with Crippen LogP contribution in [0.15, 0.2) is 212 Å². The fourth-order valence-corrected chi connectivity index (χ4v) is 15.7. The average Bonchev–Trinajstić information content (AvgIpc) is 0.957. The second-order valence-electron chi connectivity index (χ2n) is 25.5. The van der Waals surface area contributed by atoms with Gasteiger partial charge in [0, 0.05) is 66.4 Å². The zero-order valence-electron chi connectivity index (χ0n) is 50.6. The van der Waals surface area contributed by atoms with Crippen LogP contribution in [0.3, 0.4) is 0 Å². The summed E-state index contributed by atoms with van der Waals surface area (Å²) in [6.07, 6.45) is 9.98. The summed E-state index contributed by atoms with van der Waals surface area (Å²) in [5, 5.41) is 13.1. The maximum atomic E-state index is 2.79. The number of para-hydroxylation sites is 2. The van der Waals surface area contributed by atoms with Crippen molar-refractivity contribution in [3.63, 3.8) is 0 Å². The predicted octanol–water partition coefficient (Wildman–Crippen LogP) is 22.7. The highest BCUT2D eigenvalue weighted by Crippen LogP contribution is 2.53. The first kappa shape index (κ1) is 52.4. The fourth-order valence-electron chi connectivity index (χ4n) is 15.7. The molecule has 2 aliphatic rings. The maximum absolute atomic E-state index is 2.79. The Morgan fingerprint density at radius 1 is 0.384 bits per heavy atom. The number of benzene rings is 12. The van der Waals surface area contributed by atoms with Crippen LogP contribution in [-0.2, 0) is 32.1 Å². The number of hydrogen-bond acceptors (Lipinski definition) is 2. The Kier molecular flexibility index (Phi) is 12.7. The van der Waals surface area contributed by atoms with Gasteiger partial charge < -0.3 is 18.9 Å². The third kappa shape index (κ3) is 8.30. The van der Waals surface area contributed by atoms with Crippen LogP contribution in [0.1, 0.15) is 130 Å². The number of anilines is 5. The summed E-state index contributed by atoms with van der Waals surface area (Å²) in [5.74, 6) is 0.525. The summed E-state index contributed by atoms with van der Waals surface area (Å²) in [5.41, 5.74) is 24.7. The number of fused-ring (bicyclic) bond motifs is 8. The van der Waals surface area contributed by atoms with E-state index in [4.69, 9.17) is 0 Å². The minimum absolute atomic E-state index is 0.119. The lowest BCUT2D eigenvalue weighted by Gasteiger charge is -2.39. The molecule has 2 aliphatic carbocycles. The van der Waals surface area contributed by atoms with Crippen LogP contribution in [0.5, 0.6) is 0 Å². The van der Waals surface area contributed by atoms with Gasteiger partial charge in [-0.1, -0.05) is 169 Å². The summed E-state index contributed by atoms with van der Waals surface area (Å²) in [4.78, 5) is 5.42. The molecule has 0 spiro atoms. The second kappa shape index (κ2) is 20.8. The SMILES string of the molecule is CCc1cccc(-n2c3ccccc3c3ccc(N(c4ccc5c(c4)CCCC5)c4cc(C(C)C)c5ccc6c(N(c7ccc8c9ccccc9n(-c9cccc(CC)c9)c8c7)C7CCCc8ccccc87)cc(C(C)C)c7ccc4c5c76)cc32)c1. The van der Waals surface area contributed by atoms with Crippen LogP contribution < -0.4 is 9.80 Å². The van der Waals surface area contributed by atoms with Gasteiger partial charge in [0.1, 0.15) is 0 Å². The van der Waals surface area contributed by atoms with Crippen LogP contribution in [-0.4, -0.2) is 9.13 Å². The van der Waals surface area contributed by atoms with E-state index < -0.39 is 0 Å². The molecule has 1 atom stereocenters. The van der Waals surface area contributed by atoms with Crippen LogP contribution in [0.4, 0.5) is 28.4 Å². The summed E-state index contributed by atoms with van der Waals surface area (Å²) < 4.78 is 5.03. The van der Waals surface area contributed by atoms with Gasteiger partial charge in [0.25, 0.3) is 0 Å². The van der Waals surface area contributed by atoms with E-state index in [1.807, 2.05) is 0 Å². The molecule has 12 aromatic carbocycles. The molecule has 422 valence electrons. The minimum Gasteiger partial charge on any atom is -0.333 e. The zero-order chi connectivity index (χ0) is 57.9. The molecule has 0 bridgehead atoms. The van der Waals surface area contributed by atoms with Crippen LogP contribution in [0, 0.1) is 0 Å². The number of aromatic nitrogens is 2. The molecule has 1 unspecified atom stereocenters. The summed E-state index contributed by atoms with van der Waals surface area (Å²) in [7, 11) is 0. The fraction of sp³-hybridized carbons (Fsp3) is 0.220. The summed E-state index contributed by atoms with van der Waals surface area (Å²) >= 11 is 0. The Morgan fingerprint density at radius 2 is 0.872 bits per heavy atom. The Hall–Kier alpha value is -9.12. The lowest BCUT2D eigenvalue weighted by Crippen LogP contribution is -2.27. The summed E-state index contributed by atoms with van der Waals surface area (Å²) in [6, 6.07) is 83.0. The first-order valence-corrected chi connectivity index (χ1v) is 32.0. The van der Waals surface area contributed by atoms with Gasteiger partial charge in [0.15, 0.2) is 0 Å². The van der Waals surface area contributed by atoms with Crippen LogP contribution in [0.2, 0.25) is 0 Å². The van der Waals surface area contributed by atoms with E-state index in [0.717, 1.165) is 50.6 Å². The number of nitrogens with zero attached hydrogens (tertiary/aromatic N) is 4. The number of rotatable bonds is 12. The Balaban J connectivity index is 0.985. The maximum Gasteiger partial charge on any atom is 0.0594 e. The van der Waals surface area contributed by atoms with E-state index in [-0.39, 0.29) is 17.9 Å². The second-order valence-corrected chi connectivity index (χ2v) is 25.5. The van der Waals surface area contributed by atoms with E-state index >= 15 is 0 Å². The quantitative estimate of drug-likeness (QED) is 0.113. The van der Waals surface area contributed by atoms with Gasteiger partial charge in [0.05, 0.1) is 33.8 Å². The van der Waals surface area contributed by atoms with Gasteiger partial charge in [-0.15, -0.1) is 0 Å². The highest BCUT2D eigenvalue weighted by atomic mass is 15.2. The molecule has 0 saturated heterocycles. The van der Waals surface area contributed by atoms with Crippen LogP contribution in [0.25, 0.3) is 87.3 Å². The normalized spacial score (nSPS) is 14.5.